The first kappa shape index (κ1) is 31.0. The van der Waals surface area contributed by atoms with E-state index in [1.807, 2.05) is 25.5 Å². The van der Waals surface area contributed by atoms with E-state index >= 15 is 0 Å². The molecule has 0 spiro atoms. The monoisotopic (exact) mass is 570 g/mol. The summed E-state index contributed by atoms with van der Waals surface area (Å²) in [4.78, 5) is 40.0. The summed E-state index contributed by atoms with van der Waals surface area (Å²) in [5, 5.41) is 4.93. The second kappa shape index (κ2) is 15.2. The summed E-state index contributed by atoms with van der Waals surface area (Å²) in [6.45, 7) is 7.61. The van der Waals surface area contributed by atoms with Gasteiger partial charge < -0.3 is 24.8 Å². The molecule has 0 unspecified atom stereocenters. The van der Waals surface area contributed by atoms with E-state index in [-0.39, 0.29) is 39.6 Å². The number of benzene rings is 1. The molecule has 2 aromatic rings. The van der Waals surface area contributed by atoms with Gasteiger partial charge in [-0.15, -0.1) is 0 Å². The molecule has 0 aliphatic heterocycles. The molecular weight excluding hydrogens is 540 g/mol. The Labute approximate surface area is 226 Å². The van der Waals surface area contributed by atoms with Gasteiger partial charge in [0.2, 0.25) is 5.88 Å². The van der Waals surface area contributed by atoms with Crippen LogP contribution in [0.15, 0.2) is 41.4 Å². The van der Waals surface area contributed by atoms with Crippen LogP contribution in [0.2, 0.25) is 5.02 Å². The molecule has 0 aliphatic carbocycles. The van der Waals surface area contributed by atoms with E-state index in [4.69, 9.17) is 25.8 Å². The number of carbonyl (C=O) groups excluding carboxylic acids is 3. The van der Waals surface area contributed by atoms with Crippen molar-refractivity contribution in [3.05, 3.63) is 52.7 Å². The molecule has 12 nitrogen and oxygen atoms in total. The summed E-state index contributed by atoms with van der Waals surface area (Å²) >= 11 is 6.11. The van der Waals surface area contributed by atoms with Gasteiger partial charge in [-0.1, -0.05) is 11.6 Å². The van der Waals surface area contributed by atoms with Gasteiger partial charge in [0, 0.05) is 44.1 Å². The van der Waals surface area contributed by atoms with Crippen LogP contribution in [0.25, 0.3) is 0 Å². The zero-order valence-electron chi connectivity index (χ0n) is 21.3. The molecule has 0 atom stereocenters. The Morgan fingerprint density at radius 2 is 1.74 bits per heavy atom. The van der Waals surface area contributed by atoms with Crippen LogP contribution in [0.4, 0.5) is 4.79 Å². The van der Waals surface area contributed by atoms with Crippen molar-refractivity contribution >= 4 is 39.5 Å². The predicted octanol–water partition coefficient (Wildman–Crippen LogP) is 2.52. The van der Waals surface area contributed by atoms with Gasteiger partial charge >= 0.3 is 6.09 Å². The van der Waals surface area contributed by atoms with Crippen LogP contribution in [0.3, 0.4) is 0 Å². The lowest BCUT2D eigenvalue weighted by molar-refractivity contribution is 0.0805. The Bertz CT molecular complexity index is 1210. The number of nitrogens with one attached hydrogen (secondary N) is 3. The van der Waals surface area contributed by atoms with Crippen LogP contribution in [0, 0.1) is 0 Å². The van der Waals surface area contributed by atoms with Crippen LogP contribution < -0.4 is 20.1 Å². The maximum absolute atomic E-state index is 12.7. The molecule has 14 heteroatoms. The highest BCUT2D eigenvalue weighted by atomic mass is 35.5. The van der Waals surface area contributed by atoms with Gasteiger partial charge in [0.25, 0.3) is 21.8 Å². The number of aromatic nitrogens is 1. The number of halogens is 1. The summed E-state index contributed by atoms with van der Waals surface area (Å²) < 4.78 is 42.8. The average Bonchev–Trinajstić information content (AvgIpc) is 2.86. The van der Waals surface area contributed by atoms with Crippen molar-refractivity contribution < 1.29 is 37.0 Å². The first-order valence-electron chi connectivity index (χ1n) is 11.8. The Morgan fingerprint density at radius 3 is 2.37 bits per heavy atom. The predicted molar refractivity (Wildman–Crippen MR) is 139 cm³/mol. The molecule has 0 saturated heterocycles. The number of nitrogens with zero attached hydrogens (tertiary/aromatic N) is 1. The molecule has 1 aromatic heterocycles. The molecule has 0 fully saturated rings. The topological polar surface area (TPSA) is 162 Å². The molecule has 0 aliphatic rings. The number of hydrogen-bond donors (Lipinski definition) is 3. The smallest absolute Gasteiger partial charge is 0.391 e. The van der Waals surface area contributed by atoms with Gasteiger partial charge in [0.05, 0.1) is 23.3 Å². The van der Waals surface area contributed by atoms with Crippen LogP contribution in [0.5, 0.6) is 5.88 Å². The first-order valence-corrected chi connectivity index (χ1v) is 13.7. The number of ether oxygens (including phenoxy) is 3. The van der Waals surface area contributed by atoms with Crippen LogP contribution in [0.1, 0.15) is 47.9 Å². The third-order valence-corrected chi connectivity index (χ3v) is 6.50. The lowest BCUT2D eigenvalue weighted by Crippen LogP contribution is -2.31. The van der Waals surface area contributed by atoms with E-state index in [0.29, 0.717) is 32.8 Å². The Balaban J connectivity index is 1.94. The van der Waals surface area contributed by atoms with Crippen molar-refractivity contribution in [3.8, 4) is 5.88 Å². The minimum atomic E-state index is -4.37. The van der Waals surface area contributed by atoms with Crippen molar-refractivity contribution in [1.82, 2.24) is 20.3 Å². The van der Waals surface area contributed by atoms with Gasteiger partial charge in [-0.2, -0.15) is 0 Å². The number of hydrogen-bond acceptors (Lipinski definition) is 9. The van der Waals surface area contributed by atoms with E-state index < -0.39 is 27.9 Å². The number of carbonyl (C=O) groups is 3. The van der Waals surface area contributed by atoms with Crippen LogP contribution in [-0.2, 0) is 19.5 Å². The highest BCUT2D eigenvalue weighted by Crippen LogP contribution is 2.23. The summed E-state index contributed by atoms with van der Waals surface area (Å²) in [5.41, 5.74) is 0.0544. The van der Waals surface area contributed by atoms with Gasteiger partial charge in [-0.3, -0.25) is 9.59 Å². The molecule has 208 valence electrons. The normalized spacial score (nSPS) is 11.2. The molecular formula is C24H31ClN4O8S. The third kappa shape index (κ3) is 10.2. The van der Waals surface area contributed by atoms with Gasteiger partial charge in [0.15, 0.2) is 0 Å². The van der Waals surface area contributed by atoms with Gasteiger partial charge in [-0.25, -0.2) is 22.9 Å². The number of pyridine rings is 1. The SMILES string of the molecule is CCOCCCNC(=O)c1ccc(S(=O)(=O)NC(=O)c2ccc(OC(=O)NCCOC(C)C)nc2)c(Cl)c1. The average molecular weight is 571 g/mol. The summed E-state index contributed by atoms with van der Waals surface area (Å²) in [7, 11) is -4.37. The minimum absolute atomic E-state index is 0.0278. The Hall–Kier alpha value is -3.26. The molecule has 3 amide bonds. The third-order valence-electron chi connectivity index (χ3n) is 4.68. The van der Waals surface area contributed by atoms with E-state index in [1.54, 1.807) is 0 Å². The number of rotatable bonds is 14. The molecule has 0 radical (unpaired) electrons. The summed E-state index contributed by atoms with van der Waals surface area (Å²) in [6, 6.07) is 6.10. The van der Waals surface area contributed by atoms with Crippen molar-refractivity contribution in [2.24, 2.45) is 0 Å². The van der Waals surface area contributed by atoms with Gasteiger partial charge in [-0.05, 0) is 51.5 Å². The fraction of sp³-hybridized carbons (Fsp3) is 0.417. The largest absolute Gasteiger partial charge is 0.414 e. The molecule has 3 N–H and O–H groups in total. The Kier molecular flexibility index (Phi) is 12.4. The zero-order chi connectivity index (χ0) is 28.1. The molecule has 0 bridgehead atoms. The zero-order valence-corrected chi connectivity index (χ0v) is 22.9. The van der Waals surface area contributed by atoms with Crippen molar-refractivity contribution in [3.63, 3.8) is 0 Å². The standard InChI is InChI=1S/C24H31ClN4O8S/c1-4-35-12-5-10-26-22(30)17-6-8-20(19(25)14-17)38(33,34)29-23(31)18-7-9-21(28-15-18)37-24(32)27-11-13-36-16(2)3/h6-9,14-16H,4-5,10-13H2,1-3H3,(H,26,30)(H,27,32)(H,29,31). The fourth-order valence-electron chi connectivity index (χ4n) is 2.87. The molecule has 38 heavy (non-hydrogen) atoms. The minimum Gasteiger partial charge on any atom is -0.391 e. The van der Waals surface area contributed by atoms with Crippen LogP contribution >= 0.6 is 11.6 Å². The number of sulfonamides is 1. The van der Waals surface area contributed by atoms with E-state index in [9.17, 15) is 22.8 Å². The molecule has 2 rings (SSSR count). The fourth-order valence-corrected chi connectivity index (χ4v) is 4.39. The maximum Gasteiger partial charge on any atom is 0.414 e. The summed E-state index contributed by atoms with van der Waals surface area (Å²) in [5.74, 6) is -1.50. The summed E-state index contributed by atoms with van der Waals surface area (Å²) in [6.07, 6.45) is 0.937. The van der Waals surface area contributed by atoms with Gasteiger partial charge in [0.1, 0.15) is 4.90 Å². The van der Waals surface area contributed by atoms with E-state index in [1.165, 1.54) is 24.3 Å². The molecule has 0 saturated carbocycles. The lowest BCUT2D eigenvalue weighted by atomic mass is 10.2. The van der Waals surface area contributed by atoms with E-state index in [2.05, 4.69) is 15.6 Å². The van der Waals surface area contributed by atoms with E-state index in [0.717, 1.165) is 12.3 Å². The maximum atomic E-state index is 12.7. The van der Waals surface area contributed by atoms with Crippen LogP contribution in [-0.4, -0.2) is 70.3 Å². The molecule has 1 aromatic carbocycles. The number of amides is 3. The second-order valence-electron chi connectivity index (χ2n) is 8.01. The highest BCUT2D eigenvalue weighted by Gasteiger charge is 2.23. The lowest BCUT2D eigenvalue weighted by Gasteiger charge is -2.11. The second-order valence-corrected chi connectivity index (χ2v) is 10.1. The van der Waals surface area contributed by atoms with Crippen molar-refractivity contribution in [2.45, 2.75) is 38.2 Å². The van der Waals surface area contributed by atoms with Crippen molar-refractivity contribution in [2.75, 3.05) is 32.9 Å². The highest BCUT2D eigenvalue weighted by molar-refractivity contribution is 7.90. The first-order chi connectivity index (χ1) is 18.0. The molecule has 1 heterocycles. The van der Waals surface area contributed by atoms with Crippen molar-refractivity contribution in [1.29, 1.82) is 0 Å². The Morgan fingerprint density at radius 1 is 1.00 bits per heavy atom. The quantitative estimate of drug-likeness (QED) is 0.290.